The van der Waals surface area contributed by atoms with Crippen LogP contribution < -0.4 is 16.1 Å². The van der Waals surface area contributed by atoms with Gasteiger partial charge in [-0.05, 0) is 0 Å². The Kier molecular flexibility index (Phi) is 3.25. The van der Waals surface area contributed by atoms with Gasteiger partial charge in [0.05, 0.1) is 0 Å². The molecule has 1 amide bonds. The van der Waals surface area contributed by atoms with Crippen molar-refractivity contribution in [3.8, 4) is 0 Å². The summed E-state index contributed by atoms with van der Waals surface area (Å²) in [5.74, 6) is -0.577. The molecule has 5 N–H and O–H groups in total. The number of carbonyl (C=O) groups excluding carboxylic acids is 1. The van der Waals surface area contributed by atoms with Gasteiger partial charge >= 0.3 is 7.59 Å². The molecule has 0 bridgehead atoms. The van der Waals surface area contributed by atoms with Crippen molar-refractivity contribution in [3.63, 3.8) is 0 Å². The molecule has 8 heteroatoms. The van der Waals surface area contributed by atoms with Crippen molar-refractivity contribution in [2.45, 2.75) is 0 Å². The smallest absolute Gasteiger partial charge is 0.279 e. The van der Waals surface area contributed by atoms with Crippen LogP contribution in [0.25, 0.3) is 10.8 Å². The summed E-state index contributed by atoms with van der Waals surface area (Å²) in [7, 11) is -3.59. The normalized spacial score (nSPS) is 11.7. The minimum absolute atomic E-state index is 0.349. The molecular weight excluding hydrogens is 281 g/mol. The molecule has 0 atom stereocenters. The highest BCUT2D eigenvalue weighted by Gasteiger charge is 2.20. The Morgan fingerprint density at radius 1 is 1.29 bits per heavy atom. The molecule has 0 saturated carbocycles. The lowest BCUT2D eigenvalue weighted by atomic mass is 10.2. The zero-order chi connectivity index (χ0) is 12.6. The monoisotopic (exact) mass is 289 g/mol. The van der Waals surface area contributed by atoms with Gasteiger partial charge in [0.15, 0.2) is 0 Å². The second kappa shape index (κ2) is 4.40. The number of nitrogens with one attached hydrogen (secondary N) is 1. The van der Waals surface area contributed by atoms with E-state index in [0.717, 1.165) is 16.7 Å². The first kappa shape index (κ1) is 12.5. The molecule has 0 aliphatic carbocycles. The topological polar surface area (TPSA) is 98.2 Å². The number of carbonyl (C=O) groups is 1. The minimum atomic E-state index is -3.59. The molecule has 1 aromatic carbocycles. The number of hydrogen-bond acceptors (Lipinski definition) is 3. The van der Waals surface area contributed by atoms with Gasteiger partial charge in [-0.15, -0.1) is 11.3 Å². The number of rotatable bonds is 2. The van der Waals surface area contributed by atoms with E-state index < -0.39 is 13.5 Å². The summed E-state index contributed by atoms with van der Waals surface area (Å²) in [5.41, 5.74) is 10.2. The van der Waals surface area contributed by atoms with Crippen LogP contribution in [0, 0.1) is 0 Å². The fourth-order valence-electron chi connectivity index (χ4n) is 1.43. The molecule has 0 aliphatic heterocycles. The van der Waals surface area contributed by atoms with Crippen molar-refractivity contribution in [2.75, 3.05) is 0 Å². The molecule has 0 spiro atoms. The largest absolute Gasteiger partial charge is 0.300 e. The third-order valence-electron chi connectivity index (χ3n) is 2.06. The van der Waals surface area contributed by atoms with Gasteiger partial charge in [-0.25, -0.2) is 0 Å². The number of amides is 1. The van der Waals surface area contributed by atoms with Crippen molar-refractivity contribution in [1.82, 2.24) is 5.09 Å². The van der Waals surface area contributed by atoms with Crippen LogP contribution >= 0.6 is 30.5 Å². The van der Waals surface area contributed by atoms with E-state index in [1.165, 1.54) is 0 Å². The van der Waals surface area contributed by atoms with Crippen molar-refractivity contribution in [3.05, 3.63) is 33.5 Å². The quantitative estimate of drug-likeness (QED) is 0.739. The summed E-state index contributed by atoms with van der Waals surface area (Å²) in [6.45, 7) is 0. The molecule has 0 radical (unpaired) electrons. The van der Waals surface area contributed by atoms with Gasteiger partial charge < -0.3 is 0 Å². The lowest BCUT2D eigenvalue weighted by Crippen LogP contribution is -2.27. The average Bonchev–Trinajstić information content (AvgIpc) is 2.55. The second-order valence-electron chi connectivity index (χ2n) is 3.40. The van der Waals surface area contributed by atoms with E-state index in [1.807, 2.05) is 6.07 Å². The number of halogens is 1. The SMILES string of the molecule is NP(N)(=O)NC(=O)c1sc(Cl)c2ccccc12. The maximum Gasteiger partial charge on any atom is 0.300 e. The van der Waals surface area contributed by atoms with Crippen molar-refractivity contribution in [1.29, 1.82) is 0 Å². The molecule has 1 heterocycles. The molecule has 17 heavy (non-hydrogen) atoms. The molecule has 2 aromatic rings. The van der Waals surface area contributed by atoms with Gasteiger partial charge in [0.1, 0.15) is 9.21 Å². The predicted octanol–water partition coefficient (Wildman–Crippen LogP) is 2.31. The predicted molar refractivity (Wildman–Crippen MR) is 70.3 cm³/mol. The van der Waals surface area contributed by atoms with Crippen molar-refractivity contribution >= 4 is 47.2 Å². The lowest BCUT2D eigenvalue weighted by molar-refractivity contribution is 0.0986. The average molecular weight is 290 g/mol. The van der Waals surface area contributed by atoms with Crippen LogP contribution in [0.2, 0.25) is 4.34 Å². The standard InChI is InChI=1S/C9H9ClN3O2PS/c10-8-6-4-2-1-3-5(6)7(17-8)9(14)13-16(11,12)15/h1-4H,(H5,11,12,13,14,15). The summed E-state index contributed by atoms with van der Waals surface area (Å²) in [4.78, 5) is 12.1. The van der Waals surface area contributed by atoms with Crippen LogP contribution in [0.3, 0.4) is 0 Å². The highest BCUT2D eigenvalue weighted by Crippen LogP contribution is 2.35. The van der Waals surface area contributed by atoms with Crippen LogP contribution in [0.4, 0.5) is 0 Å². The summed E-state index contributed by atoms with van der Waals surface area (Å²) in [6, 6.07) is 7.16. The zero-order valence-electron chi connectivity index (χ0n) is 8.51. The number of fused-ring (bicyclic) bond motifs is 1. The maximum absolute atomic E-state index is 11.8. The third-order valence-corrected chi connectivity index (χ3v) is 4.05. The van der Waals surface area contributed by atoms with E-state index >= 15 is 0 Å². The fourth-order valence-corrected chi connectivity index (χ4v) is 3.23. The minimum Gasteiger partial charge on any atom is -0.279 e. The van der Waals surface area contributed by atoms with E-state index in [0.29, 0.717) is 14.6 Å². The third kappa shape index (κ3) is 2.68. The highest BCUT2D eigenvalue weighted by molar-refractivity contribution is 7.57. The van der Waals surface area contributed by atoms with Gasteiger partial charge in [0.25, 0.3) is 5.91 Å². The molecule has 5 nitrogen and oxygen atoms in total. The van der Waals surface area contributed by atoms with E-state index in [9.17, 15) is 9.36 Å². The summed E-state index contributed by atoms with van der Waals surface area (Å²) < 4.78 is 11.6. The van der Waals surface area contributed by atoms with Gasteiger partial charge in [-0.2, -0.15) is 0 Å². The van der Waals surface area contributed by atoms with Crippen LogP contribution in [-0.4, -0.2) is 5.91 Å². The Morgan fingerprint density at radius 2 is 1.88 bits per heavy atom. The summed E-state index contributed by atoms with van der Waals surface area (Å²) in [6.07, 6.45) is 0. The van der Waals surface area contributed by atoms with Gasteiger partial charge in [-0.3, -0.25) is 25.5 Å². The zero-order valence-corrected chi connectivity index (χ0v) is 11.0. The highest BCUT2D eigenvalue weighted by atomic mass is 35.5. The van der Waals surface area contributed by atoms with Gasteiger partial charge in [0, 0.05) is 10.8 Å². The first-order chi connectivity index (χ1) is 7.88. The van der Waals surface area contributed by atoms with E-state index in [4.69, 9.17) is 22.6 Å². The molecule has 0 fully saturated rings. The Labute approximate surface area is 106 Å². The Hall–Kier alpha value is -0.910. The molecule has 0 unspecified atom stereocenters. The number of benzene rings is 1. The first-order valence-corrected chi connectivity index (χ1v) is 7.59. The summed E-state index contributed by atoms with van der Waals surface area (Å²) >= 11 is 7.10. The van der Waals surface area contributed by atoms with Gasteiger partial charge in [-0.1, -0.05) is 35.9 Å². The number of nitrogens with two attached hydrogens (primary N) is 2. The molecule has 0 aliphatic rings. The maximum atomic E-state index is 11.8. The Bertz CT molecular complexity index is 636. The molecule has 0 saturated heterocycles. The van der Waals surface area contributed by atoms with Crippen LogP contribution in [-0.2, 0) is 4.57 Å². The Balaban J connectivity index is 2.49. The number of hydrogen-bond donors (Lipinski definition) is 3. The van der Waals surface area contributed by atoms with E-state index in [2.05, 4.69) is 5.09 Å². The Morgan fingerprint density at radius 3 is 2.47 bits per heavy atom. The molecule has 2 rings (SSSR count). The molecular formula is C9H9ClN3O2PS. The van der Waals surface area contributed by atoms with Crippen LogP contribution in [0.1, 0.15) is 9.67 Å². The molecule has 90 valence electrons. The van der Waals surface area contributed by atoms with Crippen molar-refractivity contribution < 1.29 is 9.36 Å². The second-order valence-corrected chi connectivity index (χ2v) is 6.67. The number of thiophene rings is 1. The fraction of sp³-hybridized carbons (Fsp3) is 0. The van der Waals surface area contributed by atoms with Crippen LogP contribution in [0.5, 0.6) is 0 Å². The van der Waals surface area contributed by atoms with E-state index in [1.54, 1.807) is 18.2 Å². The van der Waals surface area contributed by atoms with Gasteiger partial charge in [0.2, 0.25) is 0 Å². The summed E-state index contributed by atoms with van der Waals surface area (Å²) in [5, 5.41) is 3.52. The van der Waals surface area contributed by atoms with E-state index in [-0.39, 0.29) is 0 Å². The van der Waals surface area contributed by atoms with Crippen molar-refractivity contribution in [2.24, 2.45) is 11.0 Å². The van der Waals surface area contributed by atoms with Crippen LogP contribution in [0.15, 0.2) is 24.3 Å². The lowest BCUT2D eigenvalue weighted by Gasteiger charge is -2.07. The first-order valence-electron chi connectivity index (χ1n) is 4.55. The molecule has 1 aromatic heterocycles.